The molecule has 0 N–H and O–H groups in total. The Bertz CT molecular complexity index is 2570. The van der Waals surface area contributed by atoms with Gasteiger partial charge < -0.3 is 0 Å². The van der Waals surface area contributed by atoms with Gasteiger partial charge in [0.2, 0.25) is 0 Å². The van der Waals surface area contributed by atoms with E-state index >= 15 is 0 Å². The normalized spacial score (nSPS) is 11.1. The molecule has 9 aromatic rings. The minimum absolute atomic E-state index is 0.635. The Labute approximate surface area is 296 Å². The first-order valence-corrected chi connectivity index (χ1v) is 17.0. The maximum Gasteiger partial charge on any atom is 0.164 e. The third-order valence-corrected chi connectivity index (χ3v) is 9.12. The van der Waals surface area contributed by atoms with Gasteiger partial charge in [0, 0.05) is 22.1 Å². The second-order valence-electron chi connectivity index (χ2n) is 12.4. The summed E-state index contributed by atoms with van der Waals surface area (Å²) in [6.45, 7) is 0. The number of aromatic nitrogens is 5. The lowest BCUT2D eigenvalue weighted by atomic mass is 9.97. The highest BCUT2D eigenvalue weighted by Gasteiger charge is 2.14. The van der Waals surface area contributed by atoms with E-state index in [4.69, 9.17) is 20.1 Å². The lowest BCUT2D eigenvalue weighted by molar-refractivity contribution is 0.911. The van der Waals surface area contributed by atoms with Gasteiger partial charge in [-0.3, -0.25) is 0 Å². The molecule has 0 atom stereocenters. The van der Waals surface area contributed by atoms with E-state index in [9.17, 15) is 0 Å². The standard InChI is InChI=1S/C46H31N5/c1-4-13-32(14-5-1)39-25-26-43-41(29-39)31-47-51(43)42-24-12-22-38(30-42)36-20-10-19-35(27-36)37-21-11-23-40(28-37)46-49-44(33-15-6-2-7-16-33)48-45(50-46)34-17-8-3-9-18-34/h1-31H. The Morgan fingerprint density at radius 3 is 1.33 bits per heavy atom. The van der Waals surface area contributed by atoms with Crippen molar-refractivity contribution in [1.29, 1.82) is 0 Å². The van der Waals surface area contributed by atoms with E-state index in [0.29, 0.717) is 17.5 Å². The van der Waals surface area contributed by atoms with Gasteiger partial charge in [-0.15, -0.1) is 0 Å². The first-order valence-electron chi connectivity index (χ1n) is 17.0. The lowest BCUT2D eigenvalue weighted by Gasteiger charge is -2.11. The summed E-state index contributed by atoms with van der Waals surface area (Å²) in [5.74, 6) is 1.93. The first-order chi connectivity index (χ1) is 25.2. The summed E-state index contributed by atoms with van der Waals surface area (Å²) in [7, 11) is 0. The van der Waals surface area contributed by atoms with Crippen LogP contribution < -0.4 is 0 Å². The van der Waals surface area contributed by atoms with E-state index < -0.39 is 0 Å². The predicted molar refractivity (Wildman–Crippen MR) is 207 cm³/mol. The quantitative estimate of drug-likeness (QED) is 0.172. The molecule has 2 aromatic heterocycles. The lowest BCUT2D eigenvalue weighted by Crippen LogP contribution is -2.00. The molecule has 5 nitrogen and oxygen atoms in total. The molecule has 0 aliphatic heterocycles. The molecule has 0 unspecified atom stereocenters. The minimum Gasteiger partial charge on any atom is -0.233 e. The van der Waals surface area contributed by atoms with Crippen molar-refractivity contribution in [3.8, 4) is 73.2 Å². The zero-order valence-electron chi connectivity index (χ0n) is 27.6. The molecule has 240 valence electrons. The predicted octanol–water partition coefficient (Wildman–Crippen LogP) is 11.2. The third kappa shape index (κ3) is 6.09. The Morgan fingerprint density at radius 1 is 0.314 bits per heavy atom. The Hall–Kier alpha value is -6.98. The van der Waals surface area contributed by atoms with Crippen molar-refractivity contribution in [3.05, 3.63) is 188 Å². The van der Waals surface area contributed by atoms with Crippen LogP contribution in [0.2, 0.25) is 0 Å². The van der Waals surface area contributed by atoms with Gasteiger partial charge in [0.15, 0.2) is 17.5 Å². The number of hydrogen-bond acceptors (Lipinski definition) is 4. The van der Waals surface area contributed by atoms with Crippen LogP contribution in [-0.4, -0.2) is 24.7 Å². The van der Waals surface area contributed by atoms with Crippen LogP contribution in [0.25, 0.3) is 84.1 Å². The molecule has 9 rings (SSSR count). The summed E-state index contributed by atoms with van der Waals surface area (Å²) in [4.78, 5) is 14.7. The van der Waals surface area contributed by atoms with Crippen molar-refractivity contribution >= 4 is 10.9 Å². The Balaban J connectivity index is 1.05. The van der Waals surface area contributed by atoms with Gasteiger partial charge in [0.1, 0.15) is 0 Å². The van der Waals surface area contributed by atoms with E-state index in [1.807, 2.05) is 77.6 Å². The Kier molecular flexibility index (Phi) is 7.76. The van der Waals surface area contributed by atoms with Crippen molar-refractivity contribution in [2.24, 2.45) is 0 Å². The minimum atomic E-state index is 0.635. The second-order valence-corrected chi connectivity index (χ2v) is 12.4. The average molecular weight is 654 g/mol. The summed E-state index contributed by atoms with van der Waals surface area (Å²) < 4.78 is 2.02. The van der Waals surface area contributed by atoms with E-state index in [2.05, 4.69) is 115 Å². The van der Waals surface area contributed by atoms with Gasteiger partial charge in [-0.25, -0.2) is 19.6 Å². The van der Waals surface area contributed by atoms with Crippen molar-refractivity contribution in [2.45, 2.75) is 0 Å². The zero-order valence-corrected chi connectivity index (χ0v) is 27.6. The summed E-state index contributed by atoms with van der Waals surface area (Å²) in [6, 6.07) is 62.7. The highest BCUT2D eigenvalue weighted by molar-refractivity contribution is 5.86. The highest BCUT2D eigenvalue weighted by atomic mass is 15.3. The molecule has 51 heavy (non-hydrogen) atoms. The molecule has 0 spiro atoms. The van der Waals surface area contributed by atoms with Gasteiger partial charge in [0.05, 0.1) is 17.4 Å². The number of benzene rings is 7. The number of hydrogen-bond donors (Lipinski definition) is 0. The molecule has 0 amide bonds. The first kappa shape index (κ1) is 30.1. The van der Waals surface area contributed by atoms with E-state index in [0.717, 1.165) is 55.5 Å². The summed E-state index contributed by atoms with van der Waals surface area (Å²) in [5.41, 5.74) is 11.7. The van der Waals surface area contributed by atoms with Crippen LogP contribution in [0, 0.1) is 0 Å². The van der Waals surface area contributed by atoms with Crippen LogP contribution in [0.5, 0.6) is 0 Å². The third-order valence-electron chi connectivity index (χ3n) is 9.12. The van der Waals surface area contributed by atoms with Crippen molar-refractivity contribution in [3.63, 3.8) is 0 Å². The fourth-order valence-corrected chi connectivity index (χ4v) is 6.52. The van der Waals surface area contributed by atoms with Gasteiger partial charge in [0.25, 0.3) is 0 Å². The Morgan fingerprint density at radius 2 is 0.745 bits per heavy atom. The molecule has 0 radical (unpaired) electrons. The largest absolute Gasteiger partial charge is 0.233 e. The van der Waals surface area contributed by atoms with E-state index in [1.54, 1.807) is 0 Å². The number of rotatable bonds is 7. The summed E-state index contributed by atoms with van der Waals surface area (Å²) in [5, 5.41) is 5.90. The maximum atomic E-state index is 4.94. The highest BCUT2D eigenvalue weighted by Crippen LogP contribution is 2.32. The monoisotopic (exact) mass is 653 g/mol. The summed E-state index contributed by atoms with van der Waals surface area (Å²) in [6.07, 6.45) is 1.94. The van der Waals surface area contributed by atoms with Gasteiger partial charge >= 0.3 is 0 Å². The van der Waals surface area contributed by atoms with Crippen LogP contribution >= 0.6 is 0 Å². The smallest absolute Gasteiger partial charge is 0.164 e. The van der Waals surface area contributed by atoms with Crippen LogP contribution in [0.15, 0.2) is 188 Å². The fraction of sp³-hybridized carbons (Fsp3) is 0. The molecule has 0 aliphatic rings. The topological polar surface area (TPSA) is 56.5 Å². The molecule has 7 aromatic carbocycles. The van der Waals surface area contributed by atoms with E-state index in [-0.39, 0.29) is 0 Å². The van der Waals surface area contributed by atoms with Crippen LogP contribution in [0.4, 0.5) is 0 Å². The zero-order chi connectivity index (χ0) is 34.0. The number of nitrogens with zero attached hydrogens (tertiary/aromatic N) is 5. The molecule has 0 saturated heterocycles. The van der Waals surface area contributed by atoms with E-state index in [1.165, 1.54) is 11.1 Å². The van der Waals surface area contributed by atoms with Gasteiger partial charge in [-0.2, -0.15) is 5.10 Å². The fourth-order valence-electron chi connectivity index (χ4n) is 6.52. The summed E-state index contributed by atoms with van der Waals surface area (Å²) >= 11 is 0. The van der Waals surface area contributed by atoms with Crippen molar-refractivity contribution < 1.29 is 0 Å². The molecular formula is C46H31N5. The molecule has 0 saturated carbocycles. The molecule has 0 fully saturated rings. The van der Waals surface area contributed by atoms with Gasteiger partial charge in [-0.1, -0.05) is 146 Å². The van der Waals surface area contributed by atoms with Crippen LogP contribution in [-0.2, 0) is 0 Å². The number of fused-ring (bicyclic) bond motifs is 1. The van der Waals surface area contributed by atoms with Crippen LogP contribution in [0.3, 0.4) is 0 Å². The average Bonchev–Trinajstić information content (AvgIpc) is 3.65. The SMILES string of the molecule is c1ccc(-c2ccc3c(cnn3-c3cccc(-c4cccc(-c5cccc(-c6nc(-c7ccccc7)nc(-c7ccccc7)n6)c5)c4)c3)c2)cc1. The molecular weight excluding hydrogens is 623 g/mol. The van der Waals surface area contributed by atoms with Crippen molar-refractivity contribution in [1.82, 2.24) is 24.7 Å². The molecule has 0 bridgehead atoms. The molecule has 0 aliphatic carbocycles. The molecule has 5 heteroatoms. The second kappa shape index (κ2) is 13.1. The van der Waals surface area contributed by atoms with Crippen molar-refractivity contribution in [2.75, 3.05) is 0 Å². The molecule has 2 heterocycles. The maximum absolute atomic E-state index is 4.94. The van der Waals surface area contributed by atoms with Crippen LogP contribution in [0.1, 0.15) is 0 Å². The van der Waals surface area contributed by atoms with Gasteiger partial charge in [-0.05, 0) is 69.8 Å².